The number of nitrogens with zero attached hydrogens (tertiary/aromatic N) is 2. The van der Waals surface area contributed by atoms with Gasteiger partial charge in [0.1, 0.15) is 6.04 Å². The van der Waals surface area contributed by atoms with Gasteiger partial charge < -0.3 is 15.0 Å². The van der Waals surface area contributed by atoms with Gasteiger partial charge in [-0.05, 0) is 24.5 Å². The van der Waals surface area contributed by atoms with Crippen molar-refractivity contribution in [2.24, 2.45) is 0 Å². The summed E-state index contributed by atoms with van der Waals surface area (Å²) >= 11 is 1.54. The number of methoxy groups -OCH3 is 1. The molecule has 0 aliphatic rings. The number of nitro groups is 1. The van der Waals surface area contributed by atoms with Gasteiger partial charge in [-0.2, -0.15) is 11.8 Å². The summed E-state index contributed by atoms with van der Waals surface area (Å²) in [5.41, 5.74) is 0.461. The maximum absolute atomic E-state index is 12.6. The van der Waals surface area contributed by atoms with E-state index in [9.17, 15) is 19.7 Å². The van der Waals surface area contributed by atoms with Crippen molar-refractivity contribution >= 4 is 35.0 Å². The lowest BCUT2D eigenvalue weighted by molar-refractivity contribution is -0.384. The highest BCUT2D eigenvalue weighted by molar-refractivity contribution is 7.98. The van der Waals surface area contributed by atoms with E-state index < -0.39 is 22.8 Å². The van der Waals surface area contributed by atoms with E-state index in [4.69, 9.17) is 4.74 Å². The predicted molar refractivity (Wildman–Crippen MR) is 93.7 cm³/mol. The van der Waals surface area contributed by atoms with E-state index in [1.807, 2.05) is 6.26 Å². The lowest BCUT2D eigenvalue weighted by atomic mass is 10.1. The summed E-state index contributed by atoms with van der Waals surface area (Å²) in [5, 5.41) is 13.6. The number of hydrogen-bond acceptors (Lipinski definition) is 7. The molecule has 0 saturated carbocycles. The molecule has 0 aromatic heterocycles. The number of nitrogens with one attached hydrogen (secondary N) is 1. The summed E-state index contributed by atoms with van der Waals surface area (Å²) in [6.45, 7) is 0. The van der Waals surface area contributed by atoms with Crippen LogP contribution in [-0.4, -0.2) is 56.1 Å². The van der Waals surface area contributed by atoms with Crippen molar-refractivity contribution in [2.45, 2.75) is 12.5 Å². The molecule has 1 aromatic carbocycles. The van der Waals surface area contributed by atoms with Crippen LogP contribution in [0.1, 0.15) is 16.8 Å². The van der Waals surface area contributed by atoms with Crippen molar-refractivity contribution in [2.75, 3.05) is 38.1 Å². The number of carbonyl (C=O) groups is 2. The molecule has 24 heavy (non-hydrogen) atoms. The Morgan fingerprint density at radius 1 is 1.42 bits per heavy atom. The molecule has 1 atom stereocenters. The van der Waals surface area contributed by atoms with Crippen LogP contribution < -0.4 is 10.2 Å². The van der Waals surface area contributed by atoms with E-state index in [1.54, 1.807) is 19.0 Å². The molecule has 132 valence electrons. The number of carbonyl (C=O) groups excluding carboxylic acids is 2. The van der Waals surface area contributed by atoms with Gasteiger partial charge in [-0.25, -0.2) is 4.79 Å². The highest BCUT2D eigenvalue weighted by atomic mass is 32.2. The fraction of sp³-hybridized carbons (Fsp3) is 0.467. The molecule has 0 fully saturated rings. The highest BCUT2D eigenvalue weighted by Crippen LogP contribution is 2.24. The van der Waals surface area contributed by atoms with Crippen LogP contribution >= 0.6 is 11.8 Å². The molecule has 0 saturated heterocycles. The zero-order valence-corrected chi connectivity index (χ0v) is 14.9. The van der Waals surface area contributed by atoms with Gasteiger partial charge in [0.2, 0.25) is 0 Å². The van der Waals surface area contributed by atoms with Crippen molar-refractivity contribution in [3.8, 4) is 0 Å². The van der Waals surface area contributed by atoms with Gasteiger partial charge in [0.05, 0.1) is 17.6 Å². The van der Waals surface area contributed by atoms with Crippen LogP contribution in [0.4, 0.5) is 11.4 Å². The number of hydrogen-bond donors (Lipinski definition) is 1. The highest BCUT2D eigenvalue weighted by Gasteiger charge is 2.24. The van der Waals surface area contributed by atoms with Crippen molar-refractivity contribution < 1.29 is 19.2 Å². The zero-order chi connectivity index (χ0) is 18.3. The largest absolute Gasteiger partial charge is 0.467 e. The Kier molecular flexibility index (Phi) is 7.50. The monoisotopic (exact) mass is 355 g/mol. The van der Waals surface area contributed by atoms with Crippen molar-refractivity contribution in [3.63, 3.8) is 0 Å². The van der Waals surface area contributed by atoms with E-state index in [1.165, 1.54) is 37.1 Å². The molecular weight excluding hydrogens is 334 g/mol. The summed E-state index contributed by atoms with van der Waals surface area (Å²) in [5.74, 6) is -0.441. The third-order valence-corrected chi connectivity index (χ3v) is 3.96. The average molecular weight is 355 g/mol. The molecule has 8 nitrogen and oxygen atoms in total. The van der Waals surface area contributed by atoms with Gasteiger partial charge in [0.25, 0.3) is 11.6 Å². The third-order valence-electron chi connectivity index (χ3n) is 3.32. The summed E-state index contributed by atoms with van der Waals surface area (Å²) in [6.07, 6.45) is 2.30. The summed E-state index contributed by atoms with van der Waals surface area (Å²) in [6, 6.07) is 3.23. The Balaban J connectivity index is 3.12. The maximum Gasteiger partial charge on any atom is 0.328 e. The molecule has 0 heterocycles. The van der Waals surface area contributed by atoms with Gasteiger partial charge >= 0.3 is 5.97 Å². The first-order valence-corrected chi connectivity index (χ1v) is 8.54. The van der Waals surface area contributed by atoms with E-state index in [0.29, 0.717) is 17.9 Å². The van der Waals surface area contributed by atoms with Crippen LogP contribution in [0.15, 0.2) is 18.2 Å². The second kappa shape index (κ2) is 9.11. The number of thioether (sulfide) groups is 1. The number of ether oxygens (including phenoxy) is 1. The molecule has 1 amide bonds. The second-order valence-corrected chi connectivity index (χ2v) is 6.17. The third kappa shape index (κ3) is 5.12. The smallest absolute Gasteiger partial charge is 0.328 e. The molecule has 0 radical (unpaired) electrons. The fourth-order valence-electron chi connectivity index (χ4n) is 2.07. The quantitative estimate of drug-likeness (QED) is 0.430. The number of rotatable bonds is 8. The maximum atomic E-state index is 12.6. The van der Waals surface area contributed by atoms with E-state index in [2.05, 4.69) is 5.32 Å². The van der Waals surface area contributed by atoms with E-state index in [-0.39, 0.29) is 11.3 Å². The summed E-state index contributed by atoms with van der Waals surface area (Å²) in [4.78, 5) is 36.4. The van der Waals surface area contributed by atoms with Crippen LogP contribution in [0.2, 0.25) is 0 Å². The van der Waals surface area contributed by atoms with Crippen LogP contribution in [0.5, 0.6) is 0 Å². The molecule has 0 aliphatic heterocycles. The van der Waals surface area contributed by atoms with Crippen LogP contribution in [0, 0.1) is 10.1 Å². The number of anilines is 1. The Morgan fingerprint density at radius 2 is 2.08 bits per heavy atom. The van der Waals surface area contributed by atoms with E-state index in [0.717, 1.165) is 0 Å². The zero-order valence-electron chi connectivity index (χ0n) is 14.1. The summed E-state index contributed by atoms with van der Waals surface area (Å²) in [7, 11) is 4.70. The van der Waals surface area contributed by atoms with Crippen LogP contribution in [0.25, 0.3) is 0 Å². The van der Waals surface area contributed by atoms with Crippen molar-refractivity contribution in [3.05, 3.63) is 33.9 Å². The first-order valence-electron chi connectivity index (χ1n) is 7.15. The molecule has 0 aliphatic carbocycles. The topological polar surface area (TPSA) is 102 Å². The molecule has 0 bridgehead atoms. The summed E-state index contributed by atoms with van der Waals surface area (Å²) < 4.78 is 4.70. The van der Waals surface area contributed by atoms with Gasteiger partial charge in [-0.1, -0.05) is 0 Å². The standard InChI is InChI=1S/C15H21N3O5S/c1-17(2)13-6-5-10(18(21)22)9-11(13)14(19)16-12(7-8-24-4)15(20)23-3/h5-6,9,12H,7-8H2,1-4H3,(H,16,19)/t12-/m0/s1. The SMILES string of the molecule is COC(=O)[C@H](CCSC)NC(=O)c1cc([N+](=O)[O-])ccc1N(C)C. The number of amides is 1. The lowest BCUT2D eigenvalue weighted by Gasteiger charge is -2.20. The minimum atomic E-state index is -0.802. The number of esters is 1. The normalized spacial score (nSPS) is 11.5. The van der Waals surface area contributed by atoms with Gasteiger partial charge in [0.15, 0.2) is 0 Å². The first kappa shape index (κ1) is 19.8. The minimum Gasteiger partial charge on any atom is -0.467 e. The van der Waals surface area contributed by atoms with Crippen molar-refractivity contribution in [1.82, 2.24) is 5.32 Å². The van der Waals surface area contributed by atoms with Gasteiger partial charge in [0, 0.05) is 31.9 Å². The molecule has 9 heteroatoms. The number of non-ortho nitro benzene ring substituents is 1. The number of nitro benzene ring substituents is 1. The molecule has 0 spiro atoms. The molecular formula is C15H21N3O5S. The van der Waals surface area contributed by atoms with Crippen molar-refractivity contribution in [1.29, 1.82) is 0 Å². The average Bonchev–Trinajstić information content (AvgIpc) is 2.56. The Bertz CT molecular complexity index is 621. The first-order chi connectivity index (χ1) is 11.3. The van der Waals surface area contributed by atoms with Crippen LogP contribution in [0.3, 0.4) is 0 Å². The van der Waals surface area contributed by atoms with E-state index >= 15 is 0 Å². The Morgan fingerprint density at radius 3 is 2.58 bits per heavy atom. The fourth-order valence-corrected chi connectivity index (χ4v) is 2.54. The molecule has 0 unspecified atom stereocenters. The minimum absolute atomic E-state index is 0.132. The lowest BCUT2D eigenvalue weighted by Crippen LogP contribution is -2.42. The van der Waals surface area contributed by atoms with Crippen LogP contribution in [-0.2, 0) is 9.53 Å². The van der Waals surface area contributed by atoms with Gasteiger partial charge in [-0.15, -0.1) is 0 Å². The Labute approximate surface area is 144 Å². The molecule has 1 N–H and O–H groups in total. The molecule has 1 aromatic rings. The number of benzene rings is 1. The molecule has 1 rings (SSSR count). The Hall–Kier alpha value is -2.29. The predicted octanol–water partition coefficient (Wildman–Crippen LogP) is 1.69. The second-order valence-electron chi connectivity index (χ2n) is 5.18. The van der Waals surface area contributed by atoms with Gasteiger partial charge in [-0.3, -0.25) is 14.9 Å².